The Morgan fingerprint density at radius 1 is 1.53 bits per heavy atom. The third-order valence-corrected chi connectivity index (χ3v) is 3.76. The van der Waals surface area contributed by atoms with Crippen LogP contribution >= 0.6 is 0 Å². The molecule has 7 nitrogen and oxygen atoms in total. The summed E-state index contributed by atoms with van der Waals surface area (Å²) in [6, 6.07) is 2.72. The highest BCUT2D eigenvalue weighted by Gasteiger charge is 2.36. The van der Waals surface area contributed by atoms with E-state index < -0.39 is 10.5 Å². The van der Waals surface area contributed by atoms with Gasteiger partial charge < -0.3 is 20.5 Å². The number of aliphatic hydroxyl groups is 1. The van der Waals surface area contributed by atoms with Crippen LogP contribution in [0.15, 0.2) is 12.1 Å². The summed E-state index contributed by atoms with van der Waals surface area (Å²) in [5.74, 6) is -0.513. The summed E-state index contributed by atoms with van der Waals surface area (Å²) in [7, 11) is 1.48. The highest BCUT2D eigenvalue weighted by Crippen LogP contribution is 2.29. The summed E-state index contributed by atoms with van der Waals surface area (Å²) in [4.78, 5) is 22.4. The van der Waals surface area contributed by atoms with Crippen LogP contribution < -0.4 is 5.32 Å². The molecule has 1 saturated carbocycles. The van der Waals surface area contributed by atoms with Gasteiger partial charge in [-0.3, -0.25) is 4.79 Å². The van der Waals surface area contributed by atoms with E-state index in [2.05, 4.69) is 5.32 Å². The molecule has 0 aliphatic heterocycles. The first-order chi connectivity index (χ1) is 8.99. The van der Waals surface area contributed by atoms with Crippen molar-refractivity contribution in [3.05, 3.63) is 27.9 Å². The van der Waals surface area contributed by atoms with Crippen molar-refractivity contribution in [1.82, 2.24) is 9.88 Å². The predicted molar refractivity (Wildman–Crippen MR) is 67.8 cm³/mol. The second kappa shape index (κ2) is 5.00. The van der Waals surface area contributed by atoms with Gasteiger partial charge in [0.25, 0.3) is 5.91 Å². The lowest BCUT2D eigenvalue weighted by atomic mass is 9.99. The van der Waals surface area contributed by atoms with E-state index in [9.17, 15) is 20.0 Å². The molecule has 0 spiro atoms. The first kappa shape index (κ1) is 13.5. The average molecular weight is 267 g/mol. The van der Waals surface area contributed by atoms with Crippen molar-refractivity contribution in [1.29, 1.82) is 0 Å². The van der Waals surface area contributed by atoms with E-state index in [-0.39, 0.29) is 24.0 Å². The van der Waals surface area contributed by atoms with Gasteiger partial charge in [-0.05, 0) is 23.8 Å². The van der Waals surface area contributed by atoms with Crippen LogP contribution in [-0.2, 0) is 7.05 Å². The summed E-state index contributed by atoms with van der Waals surface area (Å²) in [6.45, 7) is -0.106. The average Bonchev–Trinajstić information content (AvgIpc) is 2.96. The topological polar surface area (TPSA) is 97.4 Å². The Morgan fingerprint density at radius 3 is 2.63 bits per heavy atom. The predicted octanol–water partition coefficient (Wildman–Crippen LogP) is 0.968. The third-order valence-electron chi connectivity index (χ3n) is 3.76. The molecule has 1 fully saturated rings. The molecule has 0 bridgehead atoms. The Hall–Kier alpha value is -1.89. The number of nitrogens with one attached hydrogen (secondary N) is 1. The van der Waals surface area contributed by atoms with Crippen LogP contribution in [0.3, 0.4) is 0 Å². The van der Waals surface area contributed by atoms with Crippen molar-refractivity contribution in [2.24, 2.45) is 7.05 Å². The summed E-state index contributed by atoms with van der Waals surface area (Å²) in [5, 5.41) is 23.0. The Bertz CT molecular complexity index is 503. The van der Waals surface area contributed by atoms with Crippen molar-refractivity contribution in [2.45, 2.75) is 31.2 Å². The zero-order valence-corrected chi connectivity index (χ0v) is 10.8. The van der Waals surface area contributed by atoms with Crippen molar-refractivity contribution in [2.75, 3.05) is 6.61 Å². The Kier molecular flexibility index (Phi) is 3.57. The fourth-order valence-electron chi connectivity index (χ4n) is 2.59. The number of aromatic nitrogens is 1. The molecular formula is C12H17N3O4. The number of carbonyl (C=O) groups is 1. The van der Waals surface area contributed by atoms with E-state index in [1.807, 2.05) is 0 Å². The molecule has 0 aromatic carbocycles. The van der Waals surface area contributed by atoms with Gasteiger partial charge in [-0.1, -0.05) is 12.8 Å². The summed E-state index contributed by atoms with van der Waals surface area (Å²) in [5.41, 5.74) is -0.345. The molecular weight excluding hydrogens is 250 g/mol. The van der Waals surface area contributed by atoms with Gasteiger partial charge in [0.15, 0.2) is 5.69 Å². The lowest BCUT2D eigenvalue weighted by Gasteiger charge is -2.27. The van der Waals surface area contributed by atoms with Crippen molar-refractivity contribution in [3.8, 4) is 0 Å². The molecule has 1 aromatic rings. The van der Waals surface area contributed by atoms with E-state index in [0.717, 1.165) is 25.7 Å². The van der Waals surface area contributed by atoms with Crippen LogP contribution in [0, 0.1) is 10.1 Å². The maximum absolute atomic E-state index is 12.2. The molecule has 0 radical (unpaired) electrons. The van der Waals surface area contributed by atoms with Crippen LogP contribution in [0.4, 0.5) is 5.82 Å². The second-order valence-electron chi connectivity index (χ2n) is 4.99. The van der Waals surface area contributed by atoms with Crippen molar-refractivity contribution in [3.63, 3.8) is 0 Å². The first-order valence-corrected chi connectivity index (χ1v) is 6.22. The minimum Gasteiger partial charge on any atom is -0.394 e. The number of aliphatic hydroxyl groups excluding tert-OH is 1. The third kappa shape index (κ3) is 2.46. The van der Waals surface area contributed by atoms with E-state index in [1.165, 1.54) is 23.7 Å². The molecule has 7 heteroatoms. The number of rotatable bonds is 4. The molecule has 104 valence electrons. The second-order valence-corrected chi connectivity index (χ2v) is 4.99. The molecule has 2 N–H and O–H groups in total. The molecule has 1 amide bonds. The Morgan fingerprint density at radius 2 is 2.16 bits per heavy atom. The molecule has 1 aromatic heterocycles. The first-order valence-electron chi connectivity index (χ1n) is 6.22. The monoisotopic (exact) mass is 267 g/mol. The lowest BCUT2D eigenvalue weighted by molar-refractivity contribution is -0.391. The molecule has 1 aliphatic carbocycles. The van der Waals surface area contributed by atoms with Gasteiger partial charge in [0.2, 0.25) is 0 Å². The molecule has 1 heterocycles. The zero-order chi connectivity index (χ0) is 14.0. The SMILES string of the molecule is Cn1c(C(=O)NC2(CO)CCCC2)ccc1[N+](=O)[O-]. The minimum absolute atomic E-state index is 0.106. The molecule has 0 atom stereocenters. The van der Waals surface area contributed by atoms with Gasteiger partial charge in [0.05, 0.1) is 19.2 Å². The highest BCUT2D eigenvalue weighted by molar-refractivity contribution is 5.93. The number of hydrogen-bond acceptors (Lipinski definition) is 4. The maximum atomic E-state index is 12.2. The fraction of sp³-hybridized carbons (Fsp3) is 0.583. The zero-order valence-electron chi connectivity index (χ0n) is 10.8. The molecule has 0 unspecified atom stereocenters. The van der Waals surface area contributed by atoms with Crippen LogP contribution in [0.5, 0.6) is 0 Å². The summed E-state index contributed by atoms with van der Waals surface area (Å²) < 4.78 is 1.25. The molecule has 2 rings (SSSR count). The lowest BCUT2D eigenvalue weighted by Crippen LogP contribution is -2.49. The quantitative estimate of drug-likeness (QED) is 0.627. The Labute approximate surface area is 110 Å². The number of nitrogens with zero attached hydrogens (tertiary/aromatic N) is 2. The smallest absolute Gasteiger partial charge is 0.323 e. The molecule has 1 aliphatic rings. The van der Waals surface area contributed by atoms with Gasteiger partial charge in [0, 0.05) is 6.07 Å². The van der Waals surface area contributed by atoms with E-state index >= 15 is 0 Å². The number of nitro groups is 1. The van der Waals surface area contributed by atoms with Gasteiger partial charge in [-0.2, -0.15) is 0 Å². The van der Waals surface area contributed by atoms with Crippen LogP contribution in [0.2, 0.25) is 0 Å². The molecule has 0 saturated heterocycles. The van der Waals surface area contributed by atoms with Gasteiger partial charge in [-0.15, -0.1) is 0 Å². The number of hydrogen-bond donors (Lipinski definition) is 2. The van der Waals surface area contributed by atoms with Crippen LogP contribution in [-0.4, -0.2) is 32.6 Å². The van der Waals surface area contributed by atoms with Gasteiger partial charge in [-0.25, -0.2) is 4.57 Å². The van der Waals surface area contributed by atoms with Crippen LogP contribution in [0.1, 0.15) is 36.2 Å². The summed E-state index contributed by atoms with van der Waals surface area (Å²) >= 11 is 0. The largest absolute Gasteiger partial charge is 0.394 e. The highest BCUT2D eigenvalue weighted by atomic mass is 16.6. The number of amides is 1. The van der Waals surface area contributed by atoms with E-state index in [4.69, 9.17) is 0 Å². The van der Waals surface area contributed by atoms with E-state index in [1.54, 1.807) is 0 Å². The summed E-state index contributed by atoms with van der Waals surface area (Å²) in [6.07, 6.45) is 3.41. The standard InChI is InChI=1S/C12H17N3O4/c1-14-9(4-5-10(14)15(18)19)11(17)13-12(8-16)6-2-3-7-12/h4-5,16H,2-3,6-8H2,1H3,(H,13,17). The van der Waals surface area contributed by atoms with Crippen LogP contribution in [0.25, 0.3) is 0 Å². The fourth-order valence-corrected chi connectivity index (χ4v) is 2.59. The Balaban J connectivity index is 2.18. The normalized spacial score (nSPS) is 17.4. The van der Waals surface area contributed by atoms with Crippen molar-refractivity contribution >= 4 is 11.7 Å². The number of carbonyl (C=O) groups excluding carboxylic acids is 1. The van der Waals surface area contributed by atoms with Gasteiger partial charge in [0.1, 0.15) is 0 Å². The van der Waals surface area contributed by atoms with Crippen molar-refractivity contribution < 1.29 is 14.8 Å². The van der Waals surface area contributed by atoms with Gasteiger partial charge >= 0.3 is 5.82 Å². The maximum Gasteiger partial charge on any atom is 0.323 e. The minimum atomic E-state index is -0.573. The molecule has 19 heavy (non-hydrogen) atoms. The van der Waals surface area contributed by atoms with E-state index in [0.29, 0.717) is 0 Å².